The first-order valence-corrected chi connectivity index (χ1v) is 6.24. The summed E-state index contributed by atoms with van der Waals surface area (Å²) in [6, 6.07) is 1.42. The van der Waals surface area contributed by atoms with Crippen molar-refractivity contribution in [3.63, 3.8) is 0 Å². The van der Waals surface area contributed by atoms with Crippen LogP contribution in [0.1, 0.15) is 11.6 Å². The van der Waals surface area contributed by atoms with Crippen molar-refractivity contribution in [1.82, 2.24) is 10.2 Å². The molecular formula is C12H14Cl2F4N2. The molecule has 1 N–H and O–H groups in total. The summed E-state index contributed by atoms with van der Waals surface area (Å²) in [5.41, 5.74) is -0.0270. The Labute approximate surface area is 125 Å². The zero-order valence-corrected chi connectivity index (χ0v) is 12.0. The fraction of sp³-hybridized carbons (Fsp3) is 0.500. The first kappa shape index (κ1) is 17.5. The van der Waals surface area contributed by atoms with E-state index in [0.29, 0.717) is 26.2 Å². The molecule has 0 bridgehead atoms. The molecule has 1 aliphatic heterocycles. The van der Waals surface area contributed by atoms with Crippen LogP contribution in [0.15, 0.2) is 18.2 Å². The van der Waals surface area contributed by atoms with Crippen LogP contribution in [0.2, 0.25) is 5.02 Å². The second-order valence-corrected chi connectivity index (χ2v) is 4.81. The third-order valence-corrected chi connectivity index (χ3v) is 3.38. The number of hydrogen-bond donors (Lipinski definition) is 1. The fourth-order valence-corrected chi connectivity index (χ4v) is 2.42. The number of benzene rings is 1. The van der Waals surface area contributed by atoms with E-state index in [1.807, 2.05) is 0 Å². The summed E-state index contributed by atoms with van der Waals surface area (Å²) in [7, 11) is 0. The Morgan fingerprint density at radius 3 is 2.30 bits per heavy atom. The van der Waals surface area contributed by atoms with Gasteiger partial charge in [-0.3, -0.25) is 4.90 Å². The predicted octanol–water partition coefficient (Wildman–Crippen LogP) is 3.41. The van der Waals surface area contributed by atoms with E-state index in [1.54, 1.807) is 0 Å². The lowest BCUT2D eigenvalue weighted by Crippen LogP contribution is -2.49. The number of nitrogens with zero attached hydrogens (tertiary/aromatic N) is 1. The van der Waals surface area contributed by atoms with Crippen LogP contribution in [-0.2, 0) is 0 Å². The molecule has 0 radical (unpaired) electrons. The quantitative estimate of drug-likeness (QED) is 0.835. The van der Waals surface area contributed by atoms with Crippen LogP contribution in [0.25, 0.3) is 0 Å². The largest absolute Gasteiger partial charge is 0.408 e. The summed E-state index contributed by atoms with van der Waals surface area (Å²) < 4.78 is 52.7. The van der Waals surface area contributed by atoms with Gasteiger partial charge in [0.15, 0.2) is 0 Å². The SMILES string of the molecule is Cl.Fc1ccc([C@H](N2CCNCC2)C(F)(F)F)cc1Cl. The van der Waals surface area contributed by atoms with Crippen molar-refractivity contribution in [2.45, 2.75) is 12.2 Å². The zero-order valence-electron chi connectivity index (χ0n) is 10.4. The number of hydrogen-bond acceptors (Lipinski definition) is 2. The minimum Gasteiger partial charge on any atom is -0.314 e. The molecule has 2 rings (SSSR count). The maximum atomic E-state index is 13.2. The molecule has 0 saturated carbocycles. The Kier molecular flexibility index (Phi) is 6.06. The van der Waals surface area contributed by atoms with Crippen LogP contribution in [0.4, 0.5) is 17.6 Å². The third kappa shape index (κ3) is 3.97. The van der Waals surface area contributed by atoms with Crippen molar-refractivity contribution in [3.05, 3.63) is 34.6 Å². The molecule has 1 saturated heterocycles. The normalized spacial score (nSPS) is 18.4. The average molecular weight is 333 g/mol. The van der Waals surface area contributed by atoms with Crippen LogP contribution in [-0.4, -0.2) is 37.3 Å². The maximum Gasteiger partial charge on any atom is 0.408 e. The molecule has 1 atom stereocenters. The van der Waals surface area contributed by atoms with Crippen LogP contribution in [0, 0.1) is 5.82 Å². The number of piperazine rings is 1. The Hall–Kier alpha value is -0.560. The van der Waals surface area contributed by atoms with Gasteiger partial charge in [-0.05, 0) is 17.7 Å². The molecule has 1 heterocycles. The number of nitrogens with one attached hydrogen (secondary N) is 1. The van der Waals surface area contributed by atoms with E-state index in [9.17, 15) is 17.6 Å². The number of alkyl halides is 3. The van der Waals surface area contributed by atoms with Crippen LogP contribution < -0.4 is 5.32 Å². The highest BCUT2D eigenvalue weighted by Crippen LogP contribution is 2.38. The van der Waals surface area contributed by atoms with Crippen molar-refractivity contribution in [2.75, 3.05) is 26.2 Å². The molecule has 0 amide bonds. The van der Waals surface area contributed by atoms with Gasteiger partial charge in [0.05, 0.1) is 5.02 Å². The maximum absolute atomic E-state index is 13.2. The Morgan fingerprint density at radius 1 is 1.20 bits per heavy atom. The predicted molar refractivity (Wildman–Crippen MR) is 71.9 cm³/mol. The van der Waals surface area contributed by atoms with Crippen molar-refractivity contribution >= 4 is 24.0 Å². The Balaban J connectivity index is 0.00000200. The second-order valence-electron chi connectivity index (χ2n) is 4.40. The monoisotopic (exact) mass is 332 g/mol. The van der Waals surface area contributed by atoms with Gasteiger partial charge >= 0.3 is 6.18 Å². The van der Waals surface area contributed by atoms with Crippen molar-refractivity contribution in [2.24, 2.45) is 0 Å². The minimum atomic E-state index is -4.42. The molecule has 0 unspecified atom stereocenters. The van der Waals surface area contributed by atoms with E-state index in [-0.39, 0.29) is 23.0 Å². The van der Waals surface area contributed by atoms with Gasteiger partial charge in [-0.25, -0.2) is 4.39 Å². The van der Waals surface area contributed by atoms with E-state index in [1.165, 1.54) is 4.90 Å². The van der Waals surface area contributed by atoms with Crippen LogP contribution >= 0.6 is 24.0 Å². The number of rotatable bonds is 2. The molecule has 2 nitrogen and oxygen atoms in total. The van der Waals surface area contributed by atoms with Crippen LogP contribution in [0.5, 0.6) is 0 Å². The highest BCUT2D eigenvalue weighted by Gasteiger charge is 2.45. The molecular weight excluding hydrogens is 319 g/mol. The first-order valence-electron chi connectivity index (χ1n) is 5.86. The molecule has 114 valence electrons. The van der Waals surface area contributed by atoms with E-state index >= 15 is 0 Å². The Morgan fingerprint density at radius 2 is 1.80 bits per heavy atom. The second kappa shape index (κ2) is 6.93. The first-order chi connectivity index (χ1) is 8.89. The summed E-state index contributed by atoms with van der Waals surface area (Å²) in [5, 5.41) is 2.71. The minimum absolute atomic E-state index is 0. The third-order valence-electron chi connectivity index (χ3n) is 3.09. The molecule has 1 fully saturated rings. The highest BCUT2D eigenvalue weighted by molar-refractivity contribution is 6.30. The lowest BCUT2D eigenvalue weighted by molar-refractivity contribution is -0.187. The lowest BCUT2D eigenvalue weighted by Gasteiger charge is -2.36. The van der Waals surface area contributed by atoms with Crippen molar-refractivity contribution in [1.29, 1.82) is 0 Å². The molecule has 1 aliphatic rings. The van der Waals surface area contributed by atoms with Gasteiger partial charge in [0.1, 0.15) is 11.9 Å². The summed E-state index contributed by atoms with van der Waals surface area (Å²) in [4.78, 5) is 1.33. The van der Waals surface area contributed by atoms with Gasteiger partial charge in [-0.2, -0.15) is 13.2 Å². The van der Waals surface area contributed by atoms with E-state index in [0.717, 1.165) is 18.2 Å². The topological polar surface area (TPSA) is 15.3 Å². The standard InChI is InChI=1S/C12H13ClF4N2.ClH/c13-9-7-8(1-2-10(9)14)11(12(15,16)17)19-5-3-18-4-6-19;/h1-2,7,11,18H,3-6H2;1H/t11-;/m0./s1. The summed E-state index contributed by atoms with van der Waals surface area (Å²) in [6.45, 7) is 1.58. The summed E-state index contributed by atoms with van der Waals surface area (Å²) >= 11 is 5.57. The van der Waals surface area contributed by atoms with Gasteiger partial charge in [-0.1, -0.05) is 17.7 Å². The van der Waals surface area contributed by atoms with Crippen molar-refractivity contribution in [3.8, 4) is 0 Å². The van der Waals surface area contributed by atoms with E-state index in [4.69, 9.17) is 11.6 Å². The summed E-state index contributed by atoms with van der Waals surface area (Å²) in [5.74, 6) is -0.716. The van der Waals surface area contributed by atoms with Crippen molar-refractivity contribution < 1.29 is 17.6 Å². The lowest BCUT2D eigenvalue weighted by atomic mass is 10.0. The van der Waals surface area contributed by atoms with Gasteiger partial charge in [-0.15, -0.1) is 12.4 Å². The zero-order chi connectivity index (χ0) is 14.0. The average Bonchev–Trinajstić information content (AvgIpc) is 2.34. The summed E-state index contributed by atoms with van der Waals surface area (Å²) in [6.07, 6.45) is -4.42. The molecule has 0 aliphatic carbocycles. The van der Waals surface area contributed by atoms with E-state index < -0.39 is 18.0 Å². The van der Waals surface area contributed by atoms with E-state index in [2.05, 4.69) is 5.32 Å². The van der Waals surface area contributed by atoms with Gasteiger partial charge in [0, 0.05) is 26.2 Å². The molecule has 20 heavy (non-hydrogen) atoms. The fourth-order valence-electron chi connectivity index (χ4n) is 2.23. The van der Waals surface area contributed by atoms with Gasteiger partial charge < -0.3 is 5.32 Å². The molecule has 8 heteroatoms. The number of halogens is 6. The molecule has 0 spiro atoms. The van der Waals surface area contributed by atoms with Gasteiger partial charge in [0.2, 0.25) is 0 Å². The van der Waals surface area contributed by atoms with Crippen LogP contribution in [0.3, 0.4) is 0 Å². The molecule has 1 aromatic carbocycles. The highest BCUT2D eigenvalue weighted by atomic mass is 35.5. The molecule has 0 aromatic heterocycles. The smallest absolute Gasteiger partial charge is 0.314 e. The van der Waals surface area contributed by atoms with Gasteiger partial charge in [0.25, 0.3) is 0 Å². The molecule has 1 aromatic rings. The Bertz CT molecular complexity index is 448.